The average molecular weight is 499 g/mol. The lowest BCUT2D eigenvalue weighted by Crippen LogP contribution is -2.50. The molecule has 9 nitrogen and oxygen atoms in total. The van der Waals surface area contributed by atoms with Crippen LogP contribution in [0.4, 0.5) is 0 Å². The Balaban J connectivity index is 1.69. The molecule has 0 saturated heterocycles. The number of sulfonamides is 1. The number of ether oxygens (including phenoxy) is 1. The van der Waals surface area contributed by atoms with E-state index in [4.69, 9.17) is 4.74 Å². The Morgan fingerprint density at radius 2 is 2.11 bits per heavy atom. The number of aliphatic hydroxyl groups excluding tert-OH is 1. The molecule has 2 aromatic rings. The number of likely N-dealkylation sites (N-methyl/N-ethyl adjacent to an activating group) is 1. The van der Waals surface area contributed by atoms with Crippen molar-refractivity contribution in [1.82, 2.24) is 19.2 Å². The maximum absolute atomic E-state index is 13.6. The van der Waals surface area contributed by atoms with Crippen LogP contribution in [0.1, 0.15) is 42.7 Å². The van der Waals surface area contributed by atoms with E-state index in [1.165, 1.54) is 33.9 Å². The molecule has 0 bridgehead atoms. The lowest BCUT2D eigenvalue weighted by Gasteiger charge is -2.37. The third-order valence-corrected chi connectivity index (χ3v) is 8.27. The number of fused-ring (bicyclic) bond motifs is 1. The van der Waals surface area contributed by atoms with Gasteiger partial charge in [0.1, 0.15) is 22.4 Å². The molecule has 4 rings (SSSR count). The molecule has 1 saturated carbocycles. The van der Waals surface area contributed by atoms with Crippen molar-refractivity contribution in [3.05, 3.63) is 48.0 Å². The third-order valence-electron chi connectivity index (χ3n) is 6.25. The lowest BCUT2D eigenvalue weighted by atomic mass is 10.0. The Morgan fingerprint density at radius 3 is 2.77 bits per heavy atom. The quantitative estimate of drug-likeness (QED) is 0.625. The molecule has 3 atom stereocenters. The SMILES string of the molecule is C[C@@H]1CN([C@@H](C)CO)S(=O)(=O)c2ccc(C#CC3CC3)cc2O[C@@H]1CN(C)C(=O)c1cnccn1. The average Bonchev–Trinajstić information content (AvgIpc) is 3.69. The van der Waals surface area contributed by atoms with Gasteiger partial charge in [-0.3, -0.25) is 9.78 Å². The first-order valence-electron chi connectivity index (χ1n) is 11.7. The highest BCUT2D eigenvalue weighted by Crippen LogP contribution is 2.34. The highest BCUT2D eigenvalue weighted by Gasteiger charge is 2.38. The summed E-state index contributed by atoms with van der Waals surface area (Å²) in [6.45, 7) is 3.56. The minimum atomic E-state index is -3.93. The maximum Gasteiger partial charge on any atom is 0.273 e. The van der Waals surface area contributed by atoms with E-state index >= 15 is 0 Å². The summed E-state index contributed by atoms with van der Waals surface area (Å²) in [5.74, 6) is 6.29. The molecular weight excluding hydrogens is 468 g/mol. The number of hydrogen-bond donors (Lipinski definition) is 1. The van der Waals surface area contributed by atoms with Gasteiger partial charge in [-0.05, 0) is 38.0 Å². The van der Waals surface area contributed by atoms with Crippen LogP contribution in [-0.2, 0) is 10.0 Å². The highest BCUT2D eigenvalue weighted by molar-refractivity contribution is 7.89. The number of benzene rings is 1. The topological polar surface area (TPSA) is 113 Å². The zero-order valence-corrected chi connectivity index (χ0v) is 20.9. The van der Waals surface area contributed by atoms with Crippen molar-refractivity contribution in [2.45, 2.75) is 43.7 Å². The summed E-state index contributed by atoms with van der Waals surface area (Å²) in [4.78, 5) is 22.4. The molecule has 10 heteroatoms. The minimum absolute atomic E-state index is 0.0228. The maximum atomic E-state index is 13.6. The van der Waals surface area contributed by atoms with Crippen LogP contribution in [0.15, 0.2) is 41.7 Å². The molecule has 0 spiro atoms. The van der Waals surface area contributed by atoms with Gasteiger partial charge in [-0.2, -0.15) is 4.31 Å². The molecular formula is C25H30N4O5S. The molecule has 0 unspecified atom stereocenters. The molecule has 186 valence electrons. The number of carbonyl (C=O) groups excluding carboxylic acids is 1. The minimum Gasteiger partial charge on any atom is -0.487 e. The van der Waals surface area contributed by atoms with Crippen molar-refractivity contribution < 1.29 is 23.1 Å². The summed E-state index contributed by atoms with van der Waals surface area (Å²) >= 11 is 0. The molecule has 1 aliphatic heterocycles. The van der Waals surface area contributed by atoms with E-state index in [-0.39, 0.29) is 47.9 Å². The largest absolute Gasteiger partial charge is 0.487 e. The van der Waals surface area contributed by atoms with Gasteiger partial charge in [-0.25, -0.2) is 13.4 Å². The molecule has 1 N–H and O–H groups in total. The molecule has 1 aromatic heterocycles. The molecule has 1 aliphatic carbocycles. The first kappa shape index (κ1) is 25.1. The Kier molecular flexibility index (Phi) is 7.40. The summed E-state index contributed by atoms with van der Waals surface area (Å²) in [7, 11) is -2.28. The fourth-order valence-corrected chi connectivity index (χ4v) is 5.72. The fraction of sp³-hybridized carbons (Fsp3) is 0.480. The first-order chi connectivity index (χ1) is 16.7. The van der Waals surface area contributed by atoms with Gasteiger partial charge in [0.05, 0.1) is 19.3 Å². The van der Waals surface area contributed by atoms with Crippen LogP contribution >= 0.6 is 0 Å². The van der Waals surface area contributed by atoms with E-state index in [1.807, 2.05) is 6.92 Å². The van der Waals surface area contributed by atoms with E-state index in [0.29, 0.717) is 11.5 Å². The van der Waals surface area contributed by atoms with Gasteiger partial charge in [0.2, 0.25) is 10.0 Å². The Morgan fingerprint density at radius 1 is 1.34 bits per heavy atom. The van der Waals surface area contributed by atoms with Gasteiger partial charge in [-0.15, -0.1) is 0 Å². The number of amides is 1. The summed E-state index contributed by atoms with van der Waals surface area (Å²) in [6.07, 6.45) is 6.00. The lowest BCUT2D eigenvalue weighted by molar-refractivity contribution is 0.0559. The van der Waals surface area contributed by atoms with Crippen LogP contribution in [0.25, 0.3) is 0 Å². The molecule has 35 heavy (non-hydrogen) atoms. The second-order valence-electron chi connectivity index (χ2n) is 9.22. The van der Waals surface area contributed by atoms with Gasteiger partial charge in [0.15, 0.2) is 0 Å². The van der Waals surface area contributed by atoms with E-state index in [2.05, 4.69) is 21.8 Å². The van der Waals surface area contributed by atoms with Crippen LogP contribution in [-0.4, -0.2) is 77.5 Å². The predicted molar refractivity (Wildman–Crippen MR) is 129 cm³/mol. The Labute approximate surface area is 206 Å². The number of hydrogen-bond acceptors (Lipinski definition) is 7. The Bertz CT molecular complexity index is 1240. The van der Waals surface area contributed by atoms with Crippen LogP contribution < -0.4 is 4.74 Å². The first-order valence-corrected chi connectivity index (χ1v) is 13.1. The molecule has 2 aliphatic rings. The van der Waals surface area contributed by atoms with Gasteiger partial charge in [0.25, 0.3) is 5.91 Å². The number of rotatable bonds is 5. The van der Waals surface area contributed by atoms with Crippen molar-refractivity contribution >= 4 is 15.9 Å². The summed E-state index contributed by atoms with van der Waals surface area (Å²) in [6, 6.07) is 4.22. The second-order valence-corrected chi connectivity index (χ2v) is 11.1. The number of aromatic nitrogens is 2. The third kappa shape index (κ3) is 5.64. The number of carbonyl (C=O) groups is 1. The van der Waals surface area contributed by atoms with Crippen molar-refractivity contribution in [3.63, 3.8) is 0 Å². The van der Waals surface area contributed by atoms with Crippen molar-refractivity contribution in [2.75, 3.05) is 26.7 Å². The highest BCUT2D eigenvalue weighted by atomic mass is 32.2. The standard InChI is InChI=1S/C25H30N4O5S/c1-17-14-29(18(2)16-30)35(32,33)24-9-8-20(7-6-19-4-5-19)12-22(24)34-23(17)15-28(3)25(31)21-13-26-10-11-27-21/h8-13,17-19,23,30H,4-5,14-16H2,1-3H3/t17-,18+,23-/m1/s1. The van der Waals surface area contributed by atoms with Crippen LogP contribution in [0, 0.1) is 23.7 Å². The zero-order chi connectivity index (χ0) is 25.2. The predicted octanol–water partition coefficient (Wildman–Crippen LogP) is 1.78. The van der Waals surface area contributed by atoms with Crippen molar-refractivity contribution in [1.29, 1.82) is 0 Å². The summed E-state index contributed by atoms with van der Waals surface area (Å²) in [5.41, 5.74) is 0.883. The van der Waals surface area contributed by atoms with Crippen LogP contribution in [0.3, 0.4) is 0 Å². The monoisotopic (exact) mass is 498 g/mol. The smallest absolute Gasteiger partial charge is 0.273 e. The van der Waals surface area contributed by atoms with Crippen LogP contribution in [0.5, 0.6) is 5.75 Å². The summed E-state index contributed by atoms with van der Waals surface area (Å²) < 4.78 is 34.7. The summed E-state index contributed by atoms with van der Waals surface area (Å²) in [5, 5.41) is 9.78. The second kappa shape index (κ2) is 10.3. The number of nitrogens with zero attached hydrogens (tertiary/aromatic N) is 4. The van der Waals surface area contributed by atoms with Gasteiger partial charge < -0.3 is 14.7 Å². The van der Waals surface area contributed by atoms with Gasteiger partial charge in [0, 0.05) is 49.4 Å². The van der Waals surface area contributed by atoms with Crippen molar-refractivity contribution in [2.24, 2.45) is 11.8 Å². The van der Waals surface area contributed by atoms with Crippen molar-refractivity contribution in [3.8, 4) is 17.6 Å². The number of aliphatic hydroxyl groups is 1. The fourth-order valence-electron chi connectivity index (χ4n) is 3.89. The molecule has 1 amide bonds. The van der Waals surface area contributed by atoms with Gasteiger partial charge in [-0.1, -0.05) is 18.8 Å². The molecule has 0 radical (unpaired) electrons. The Hall–Kier alpha value is -3.00. The van der Waals surface area contributed by atoms with E-state index in [9.17, 15) is 18.3 Å². The normalized spacial score (nSPS) is 22.4. The molecule has 2 heterocycles. The van der Waals surface area contributed by atoms with E-state index < -0.39 is 22.2 Å². The zero-order valence-electron chi connectivity index (χ0n) is 20.1. The van der Waals surface area contributed by atoms with E-state index in [1.54, 1.807) is 26.1 Å². The van der Waals surface area contributed by atoms with Crippen LogP contribution in [0.2, 0.25) is 0 Å². The van der Waals surface area contributed by atoms with E-state index in [0.717, 1.165) is 12.8 Å². The molecule has 1 fully saturated rings. The van der Waals surface area contributed by atoms with Gasteiger partial charge >= 0.3 is 0 Å². The molecule has 1 aromatic carbocycles.